The number of nitrogens with zero attached hydrogens (tertiary/aromatic N) is 3. The van der Waals surface area contributed by atoms with Gasteiger partial charge in [0.25, 0.3) is 0 Å². The number of benzene rings is 2. The molecule has 0 amide bonds. The molecule has 4 heteroatoms. The van der Waals surface area contributed by atoms with E-state index in [1.54, 1.807) is 0 Å². The third kappa shape index (κ3) is 2.24. The van der Waals surface area contributed by atoms with Gasteiger partial charge in [0.15, 0.2) is 0 Å². The first-order valence-electron chi connectivity index (χ1n) is 7.63. The molecule has 0 aliphatic carbocycles. The number of hydrogen-bond acceptors (Lipinski definition) is 2. The zero-order valence-corrected chi connectivity index (χ0v) is 13.9. The molecule has 0 saturated carbocycles. The van der Waals surface area contributed by atoms with Gasteiger partial charge in [-0.15, -0.1) is 6.42 Å². The van der Waals surface area contributed by atoms with E-state index in [-0.39, 0.29) is 0 Å². The van der Waals surface area contributed by atoms with Gasteiger partial charge < -0.3 is 0 Å². The van der Waals surface area contributed by atoms with Gasteiger partial charge in [0, 0.05) is 21.7 Å². The monoisotopic (exact) mass is 331 g/mol. The molecular weight excluding hydrogens is 318 g/mol. The number of aliphatic imine (C=N–C) groups is 1. The summed E-state index contributed by atoms with van der Waals surface area (Å²) in [4.78, 5) is 9.25. The number of aryl methyl sites for hydroxylation is 1. The van der Waals surface area contributed by atoms with Gasteiger partial charge in [-0.2, -0.15) is 0 Å². The van der Waals surface area contributed by atoms with Crippen molar-refractivity contribution in [2.45, 2.75) is 13.5 Å². The van der Waals surface area contributed by atoms with Crippen molar-refractivity contribution in [3.63, 3.8) is 0 Å². The van der Waals surface area contributed by atoms with Crippen LogP contribution >= 0.6 is 11.6 Å². The van der Waals surface area contributed by atoms with Crippen molar-refractivity contribution < 1.29 is 0 Å². The van der Waals surface area contributed by atoms with E-state index in [1.165, 1.54) is 0 Å². The van der Waals surface area contributed by atoms with E-state index < -0.39 is 0 Å². The van der Waals surface area contributed by atoms with Crippen molar-refractivity contribution in [1.29, 1.82) is 0 Å². The summed E-state index contributed by atoms with van der Waals surface area (Å²) in [5.41, 5.74) is 5.62. The molecule has 3 nitrogen and oxygen atoms in total. The molecule has 24 heavy (non-hydrogen) atoms. The quantitative estimate of drug-likeness (QED) is 0.616. The fraction of sp³-hybridized carbons (Fsp3) is 0.100. The molecule has 0 bridgehead atoms. The number of imidazole rings is 1. The Kier molecular flexibility index (Phi) is 3.48. The number of aromatic nitrogens is 2. The maximum atomic E-state index is 6.43. The molecule has 0 saturated heterocycles. The molecule has 4 rings (SSSR count). The lowest BCUT2D eigenvalue weighted by atomic mass is 9.98. The zero-order chi connectivity index (χ0) is 16.7. The number of rotatable bonds is 1. The fourth-order valence-electron chi connectivity index (χ4n) is 3.07. The van der Waals surface area contributed by atoms with Crippen molar-refractivity contribution in [3.8, 4) is 18.0 Å². The smallest absolute Gasteiger partial charge is 0.110 e. The van der Waals surface area contributed by atoms with Gasteiger partial charge in [-0.05, 0) is 31.2 Å². The highest BCUT2D eigenvalue weighted by atomic mass is 35.5. The summed E-state index contributed by atoms with van der Waals surface area (Å²) in [6, 6.07) is 13.7. The Morgan fingerprint density at radius 3 is 2.79 bits per heavy atom. The van der Waals surface area contributed by atoms with E-state index >= 15 is 0 Å². The standard InChI is InChI=1S/C20H14ClN3/c1-3-14-8-9-19-17(10-14)20(16-6-4-5-7-18(16)21)23-12-15-11-22-13(2)24(15)19/h1,4-11H,12H2,2H3. The van der Waals surface area contributed by atoms with Crippen LogP contribution in [0.25, 0.3) is 5.69 Å². The Balaban J connectivity index is 2.04. The van der Waals surface area contributed by atoms with Crippen LogP contribution < -0.4 is 0 Å². The van der Waals surface area contributed by atoms with E-state index in [0.29, 0.717) is 11.6 Å². The van der Waals surface area contributed by atoms with E-state index in [4.69, 9.17) is 23.0 Å². The lowest BCUT2D eigenvalue weighted by molar-refractivity contribution is 0.889. The molecular formula is C20H14ClN3. The molecule has 2 aromatic carbocycles. The van der Waals surface area contributed by atoms with Gasteiger partial charge in [-0.25, -0.2) is 4.98 Å². The topological polar surface area (TPSA) is 30.2 Å². The molecule has 1 aliphatic rings. The second-order valence-corrected chi connectivity index (χ2v) is 6.06. The number of terminal acetylenes is 1. The summed E-state index contributed by atoms with van der Waals surface area (Å²) in [7, 11) is 0. The Bertz CT molecular complexity index is 1020. The summed E-state index contributed by atoms with van der Waals surface area (Å²) >= 11 is 6.43. The van der Waals surface area contributed by atoms with Crippen LogP contribution in [0.15, 0.2) is 53.7 Å². The third-order valence-corrected chi connectivity index (χ3v) is 4.53. The molecule has 0 N–H and O–H groups in total. The Hall–Kier alpha value is -2.83. The molecule has 2 heterocycles. The number of hydrogen-bond donors (Lipinski definition) is 0. The van der Waals surface area contributed by atoms with Crippen molar-refractivity contribution in [1.82, 2.24) is 9.55 Å². The maximum Gasteiger partial charge on any atom is 0.110 e. The van der Waals surface area contributed by atoms with Crippen molar-refractivity contribution in [2.75, 3.05) is 0 Å². The minimum atomic E-state index is 0.543. The van der Waals surface area contributed by atoms with Crippen LogP contribution in [-0.2, 0) is 6.54 Å². The predicted molar refractivity (Wildman–Crippen MR) is 97.0 cm³/mol. The minimum Gasteiger partial charge on any atom is -0.298 e. The second kappa shape index (κ2) is 5.67. The van der Waals surface area contributed by atoms with E-state index in [1.807, 2.05) is 55.6 Å². The van der Waals surface area contributed by atoms with Crippen LogP contribution in [0.1, 0.15) is 28.2 Å². The zero-order valence-electron chi connectivity index (χ0n) is 13.1. The lowest BCUT2D eigenvalue weighted by Gasteiger charge is -2.14. The second-order valence-electron chi connectivity index (χ2n) is 5.65. The molecule has 1 aromatic heterocycles. The minimum absolute atomic E-state index is 0.543. The summed E-state index contributed by atoms with van der Waals surface area (Å²) in [5.74, 6) is 3.63. The largest absolute Gasteiger partial charge is 0.298 e. The summed E-state index contributed by atoms with van der Waals surface area (Å²) in [6.45, 7) is 2.53. The summed E-state index contributed by atoms with van der Waals surface area (Å²) in [6.07, 6.45) is 7.47. The SMILES string of the molecule is C#Cc1ccc2c(c1)C(c1ccccc1Cl)=NCc1cnc(C)n1-2. The maximum absolute atomic E-state index is 6.43. The Morgan fingerprint density at radius 1 is 1.17 bits per heavy atom. The van der Waals surface area contributed by atoms with Crippen LogP contribution in [0.5, 0.6) is 0 Å². The molecule has 1 aliphatic heterocycles. The molecule has 0 radical (unpaired) electrons. The molecule has 0 atom stereocenters. The van der Waals surface area contributed by atoms with Crippen molar-refractivity contribution in [3.05, 3.63) is 81.9 Å². The highest BCUT2D eigenvalue weighted by molar-refractivity contribution is 6.35. The lowest BCUT2D eigenvalue weighted by Crippen LogP contribution is -2.09. The van der Waals surface area contributed by atoms with E-state index in [9.17, 15) is 0 Å². The van der Waals surface area contributed by atoms with E-state index in [2.05, 4.69) is 15.5 Å². The average molecular weight is 332 g/mol. The van der Waals surface area contributed by atoms with Gasteiger partial charge in [0.05, 0.1) is 29.8 Å². The average Bonchev–Trinajstić information content (AvgIpc) is 2.88. The Labute approximate surface area is 145 Å². The fourth-order valence-corrected chi connectivity index (χ4v) is 3.30. The predicted octanol–water partition coefficient (Wildman–Crippen LogP) is 4.17. The molecule has 3 aromatic rings. The molecule has 0 unspecified atom stereocenters. The molecule has 0 fully saturated rings. The Morgan fingerprint density at radius 2 is 2.00 bits per heavy atom. The molecule has 116 valence electrons. The first-order valence-corrected chi connectivity index (χ1v) is 8.01. The van der Waals surface area contributed by atoms with E-state index in [0.717, 1.165) is 39.6 Å². The van der Waals surface area contributed by atoms with Crippen LogP contribution in [0.4, 0.5) is 0 Å². The first kappa shape index (κ1) is 14.7. The van der Waals surface area contributed by atoms with Crippen LogP contribution in [-0.4, -0.2) is 15.3 Å². The van der Waals surface area contributed by atoms with Gasteiger partial charge in [0.2, 0.25) is 0 Å². The van der Waals surface area contributed by atoms with Gasteiger partial charge in [-0.3, -0.25) is 9.56 Å². The van der Waals surface area contributed by atoms with Crippen LogP contribution in [0.2, 0.25) is 5.02 Å². The summed E-state index contributed by atoms with van der Waals surface area (Å²) < 4.78 is 2.13. The highest BCUT2D eigenvalue weighted by Gasteiger charge is 2.21. The van der Waals surface area contributed by atoms with Gasteiger partial charge in [0.1, 0.15) is 5.82 Å². The third-order valence-electron chi connectivity index (χ3n) is 4.20. The van der Waals surface area contributed by atoms with Crippen molar-refractivity contribution >= 4 is 17.3 Å². The number of halogens is 1. The number of fused-ring (bicyclic) bond motifs is 3. The van der Waals surface area contributed by atoms with Crippen LogP contribution in [0, 0.1) is 19.3 Å². The molecule has 0 spiro atoms. The van der Waals surface area contributed by atoms with Gasteiger partial charge >= 0.3 is 0 Å². The summed E-state index contributed by atoms with van der Waals surface area (Å²) in [5, 5.41) is 0.676. The first-order chi connectivity index (χ1) is 11.7. The van der Waals surface area contributed by atoms with Gasteiger partial charge in [-0.1, -0.05) is 35.7 Å². The highest BCUT2D eigenvalue weighted by Crippen LogP contribution is 2.29. The normalized spacial score (nSPS) is 12.6. The van der Waals surface area contributed by atoms with Crippen LogP contribution in [0.3, 0.4) is 0 Å². The van der Waals surface area contributed by atoms with Crippen molar-refractivity contribution in [2.24, 2.45) is 4.99 Å².